The van der Waals surface area contributed by atoms with Crippen LogP contribution in [0.5, 0.6) is 5.75 Å². The van der Waals surface area contributed by atoms with Crippen LogP contribution in [0.3, 0.4) is 0 Å². The van der Waals surface area contributed by atoms with Gasteiger partial charge in [0.15, 0.2) is 0 Å². The molecule has 0 bridgehead atoms. The second kappa shape index (κ2) is 9.58. The Kier molecular flexibility index (Phi) is 6.92. The molecule has 2 saturated heterocycles. The Morgan fingerprint density at radius 2 is 2.00 bits per heavy atom. The second-order valence-electron chi connectivity index (χ2n) is 9.42. The molecule has 8 heteroatoms. The summed E-state index contributed by atoms with van der Waals surface area (Å²) in [4.78, 5) is 15.1. The quantitative estimate of drug-likeness (QED) is 0.665. The van der Waals surface area contributed by atoms with Gasteiger partial charge in [0.25, 0.3) is 0 Å². The lowest BCUT2D eigenvalue weighted by Crippen LogP contribution is -2.65. The van der Waals surface area contributed by atoms with Crippen LogP contribution >= 0.6 is 0 Å². The summed E-state index contributed by atoms with van der Waals surface area (Å²) >= 11 is 0. The number of benzene rings is 2. The Hall–Kier alpha value is -2.58. The van der Waals surface area contributed by atoms with E-state index in [-0.39, 0.29) is 29.6 Å². The number of amides is 1. The van der Waals surface area contributed by atoms with E-state index in [1.165, 1.54) is 12.1 Å². The zero-order valence-corrected chi connectivity index (χ0v) is 19.5. The first kappa shape index (κ1) is 24.5. The minimum Gasteiger partial charge on any atom is -0.489 e. The van der Waals surface area contributed by atoms with E-state index in [0.717, 1.165) is 23.3 Å². The molecule has 2 fully saturated rings. The van der Waals surface area contributed by atoms with Crippen molar-refractivity contribution in [3.63, 3.8) is 0 Å². The van der Waals surface area contributed by atoms with Crippen LogP contribution < -0.4 is 10.5 Å². The molecule has 2 aliphatic heterocycles. The van der Waals surface area contributed by atoms with Crippen molar-refractivity contribution < 1.29 is 27.4 Å². The summed E-state index contributed by atoms with van der Waals surface area (Å²) in [6.07, 6.45) is -3.70. The van der Waals surface area contributed by atoms with Gasteiger partial charge in [0.2, 0.25) is 5.91 Å². The third-order valence-corrected chi connectivity index (χ3v) is 7.31. The lowest BCUT2D eigenvalue weighted by atomic mass is 9.69. The molecule has 34 heavy (non-hydrogen) atoms. The first-order chi connectivity index (χ1) is 16.1. The molecule has 4 rings (SSSR count). The smallest absolute Gasteiger partial charge is 0.416 e. The molecule has 0 spiro atoms. The van der Waals surface area contributed by atoms with Crippen molar-refractivity contribution in [3.8, 4) is 5.75 Å². The molecule has 0 aromatic heterocycles. The molecule has 0 saturated carbocycles. The van der Waals surface area contributed by atoms with Gasteiger partial charge < -0.3 is 15.2 Å². The van der Waals surface area contributed by atoms with Crippen molar-refractivity contribution in [1.29, 1.82) is 0 Å². The van der Waals surface area contributed by atoms with E-state index < -0.39 is 17.3 Å². The first-order valence-electron chi connectivity index (χ1n) is 11.6. The molecule has 2 aromatic rings. The van der Waals surface area contributed by atoms with Gasteiger partial charge in [-0.2, -0.15) is 13.2 Å². The second-order valence-corrected chi connectivity index (χ2v) is 9.42. The molecule has 184 valence electrons. The number of ether oxygens (including phenoxy) is 2. The van der Waals surface area contributed by atoms with Crippen LogP contribution in [-0.4, -0.2) is 48.8 Å². The topological polar surface area (TPSA) is 64.8 Å². The molecule has 2 aromatic carbocycles. The van der Waals surface area contributed by atoms with Gasteiger partial charge in [-0.25, -0.2) is 0 Å². The summed E-state index contributed by atoms with van der Waals surface area (Å²) in [7, 11) is 0. The summed E-state index contributed by atoms with van der Waals surface area (Å²) in [5, 5.41) is 0. The molecular formula is C26H31F3N2O3. The number of rotatable bonds is 6. The largest absolute Gasteiger partial charge is 0.489 e. The molecular weight excluding hydrogens is 445 g/mol. The summed E-state index contributed by atoms with van der Waals surface area (Å²) in [5.74, 6) is -0.351. The van der Waals surface area contributed by atoms with Gasteiger partial charge in [0, 0.05) is 25.6 Å². The number of aryl methyl sites for hydroxylation is 1. The minimum absolute atomic E-state index is 0.0242. The molecule has 2 aliphatic rings. The summed E-state index contributed by atoms with van der Waals surface area (Å²) in [6, 6.07) is 13.1. The number of nitrogens with zero attached hydrogens (tertiary/aromatic N) is 1. The number of hydrogen-bond acceptors (Lipinski definition) is 4. The Morgan fingerprint density at radius 1 is 1.24 bits per heavy atom. The number of halogens is 3. The monoisotopic (exact) mass is 476 g/mol. The van der Waals surface area contributed by atoms with E-state index >= 15 is 0 Å². The number of carbonyl (C=O) groups is 1. The molecule has 0 radical (unpaired) electrons. The number of carbonyl (C=O) groups excluding carboxylic acids is 1. The summed E-state index contributed by atoms with van der Waals surface area (Å²) in [5.41, 5.74) is 6.69. The maximum atomic E-state index is 13.1. The molecule has 2 N–H and O–H groups in total. The van der Waals surface area contributed by atoms with Crippen LogP contribution in [0.4, 0.5) is 13.2 Å². The third kappa shape index (κ3) is 4.79. The molecule has 4 atom stereocenters. The Bertz CT molecular complexity index is 1030. The predicted octanol–water partition coefficient (Wildman–Crippen LogP) is 4.53. The average molecular weight is 477 g/mol. The van der Waals surface area contributed by atoms with Gasteiger partial charge in [-0.15, -0.1) is 0 Å². The fourth-order valence-electron chi connectivity index (χ4n) is 5.48. The molecule has 1 amide bonds. The van der Waals surface area contributed by atoms with Crippen LogP contribution in [0, 0.1) is 12.8 Å². The zero-order valence-electron chi connectivity index (χ0n) is 19.5. The highest BCUT2D eigenvalue weighted by Gasteiger charge is 2.54. The summed E-state index contributed by atoms with van der Waals surface area (Å²) in [6.45, 7) is 5.95. The van der Waals surface area contributed by atoms with Crippen molar-refractivity contribution in [3.05, 3.63) is 65.2 Å². The predicted molar refractivity (Wildman–Crippen MR) is 122 cm³/mol. The van der Waals surface area contributed by atoms with E-state index in [4.69, 9.17) is 15.2 Å². The summed E-state index contributed by atoms with van der Waals surface area (Å²) < 4.78 is 51.0. The number of nitrogens with two attached hydrogens (primary N) is 1. The van der Waals surface area contributed by atoms with E-state index in [1.54, 1.807) is 0 Å². The molecule has 3 unspecified atom stereocenters. The number of hydrogen-bond donors (Lipinski definition) is 1. The number of primary amides is 1. The third-order valence-electron chi connectivity index (χ3n) is 7.31. The van der Waals surface area contributed by atoms with Gasteiger partial charge in [-0.1, -0.05) is 42.8 Å². The standard InChI is InChI=1S/C26H31F3N2O3/c1-17-5-3-6-19(13-17)18(2)23-16-33-12-10-25(23,24(30)32)31-11-9-22(15-31)34-21-8-4-7-20(14-21)26(27,28)29/h3-8,13-14,18,22-23H,9-12,15-16H2,1-2H3,(H2,30,32)/t18?,22-,23?,25?/m1/s1. The highest BCUT2D eigenvalue weighted by Crippen LogP contribution is 2.43. The fourth-order valence-corrected chi connectivity index (χ4v) is 5.48. The van der Waals surface area contributed by atoms with Crippen molar-refractivity contribution in [2.24, 2.45) is 11.7 Å². The van der Waals surface area contributed by atoms with Crippen molar-refractivity contribution in [1.82, 2.24) is 4.90 Å². The maximum absolute atomic E-state index is 13.1. The van der Waals surface area contributed by atoms with Gasteiger partial charge in [-0.05, 0) is 49.4 Å². The molecule has 5 nitrogen and oxygen atoms in total. The maximum Gasteiger partial charge on any atom is 0.416 e. The van der Waals surface area contributed by atoms with Crippen LogP contribution in [-0.2, 0) is 15.7 Å². The van der Waals surface area contributed by atoms with Gasteiger partial charge in [0.05, 0.1) is 12.2 Å². The Morgan fingerprint density at radius 3 is 2.71 bits per heavy atom. The van der Waals surface area contributed by atoms with Crippen molar-refractivity contribution in [2.45, 2.75) is 50.4 Å². The lowest BCUT2D eigenvalue weighted by Gasteiger charge is -2.49. The van der Waals surface area contributed by atoms with E-state index in [9.17, 15) is 18.0 Å². The minimum atomic E-state index is -4.43. The van der Waals surface area contributed by atoms with Crippen LogP contribution in [0.2, 0.25) is 0 Å². The average Bonchev–Trinajstić information content (AvgIpc) is 3.26. The lowest BCUT2D eigenvalue weighted by molar-refractivity contribution is -0.146. The van der Waals surface area contributed by atoms with E-state index in [1.807, 2.05) is 19.1 Å². The molecule has 2 heterocycles. The van der Waals surface area contributed by atoms with Gasteiger partial charge in [-0.3, -0.25) is 9.69 Å². The van der Waals surface area contributed by atoms with Crippen LogP contribution in [0.1, 0.15) is 42.4 Å². The normalized spacial score (nSPS) is 26.9. The van der Waals surface area contributed by atoms with Gasteiger partial charge in [0.1, 0.15) is 17.4 Å². The highest BCUT2D eigenvalue weighted by molar-refractivity contribution is 5.85. The Labute approximate surface area is 198 Å². The first-order valence-corrected chi connectivity index (χ1v) is 11.6. The van der Waals surface area contributed by atoms with Crippen molar-refractivity contribution >= 4 is 5.91 Å². The van der Waals surface area contributed by atoms with E-state index in [0.29, 0.717) is 39.1 Å². The van der Waals surface area contributed by atoms with E-state index in [2.05, 4.69) is 24.0 Å². The van der Waals surface area contributed by atoms with Crippen molar-refractivity contribution in [2.75, 3.05) is 26.3 Å². The SMILES string of the molecule is Cc1cccc(C(C)C2COCCC2(C(N)=O)N2CC[C@@H](Oc3cccc(C(F)(F)F)c3)C2)c1. The van der Waals surface area contributed by atoms with Crippen LogP contribution in [0.15, 0.2) is 48.5 Å². The van der Waals surface area contributed by atoms with Crippen LogP contribution in [0.25, 0.3) is 0 Å². The zero-order chi connectivity index (χ0) is 24.5. The highest BCUT2D eigenvalue weighted by atomic mass is 19.4. The number of likely N-dealkylation sites (tertiary alicyclic amines) is 1. The molecule has 0 aliphatic carbocycles. The fraction of sp³-hybridized carbons (Fsp3) is 0.500. The Balaban J connectivity index is 1.56. The van der Waals surface area contributed by atoms with Gasteiger partial charge >= 0.3 is 6.18 Å². The number of alkyl halides is 3.